The Bertz CT molecular complexity index is 484. The monoisotopic (exact) mass is 325 g/mol. The normalized spacial score (nSPS) is 25.1. The largest absolute Gasteiger partial charge is 0.465 e. The Morgan fingerprint density at radius 1 is 1.37 bits per heavy atom. The van der Waals surface area contributed by atoms with Crippen LogP contribution < -0.4 is 0 Å². The quantitative estimate of drug-likeness (QED) is 0.860. The van der Waals surface area contributed by atoms with Crippen molar-refractivity contribution in [3.8, 4) is 0 Å². The van der Waals surface area contributed by atoms with Crippen LogP contribution in [0.5, 0.6) is 0 Å². The molecule has 0 radical (unpaired) electrons. The maximum atomic E-state index is 11.5. The zero-order valence-electron chi connectivity index (χ0n) is 10.5. The predicted octanol–water partition coefficient (Wildman–Crippen LogP) is 3.42. The molecule has 2 fully saturated rings. The first-order chi connectivity index (χ1) is 9.10. The number of nitrogens with zero attached hydrogens (tertiary/aromatic N) is 1. The van der Waals surface area contributed by atoms with Crippen LogP contribution in [0.3, 0.4) is 0 Å². The van der Waals surface area contributed by atoms with E-state index in [0.29, 0.717) is 13.2 Å². The minimum Gasteiger partial charge on any atom is -0.465 e. The third-order valence-electron chi connectivity index (χ3n) is 4.15. The van der Waals surface area contributed by atoms with Gasteiger partial charge >= 0.3 is 6.09 Å². The van der Waals surface area contributed by atoms with Gasteiger partial charge < -0.3 is 9.84 Å². The summed E-state index contributed by atoms with van der Waals surface area (Å²) in [5, 5.41) is 9.44. The van der Waals surface area contributed by atoms with Gasteiger partial charge in [-0.2, -0.15) is 0 Å². The molecule has 1 saturated heterocycles. The average molecular weight is 326 g/mol. The van der Waals surface area contributed by atoms with Crippen molar-refractivity contribution in [3.63, 3.8) is 0 Å². The number of halogens is 1. The van der Waals surface area contributed by atoms with Gasteiger partial charge in [0, 0.05) is 4.47 Å². The summed E-state index contributed by atoms with van der Waals surface area (Å²) in [6.45, 7) is 0.941. The molecule has 19 heavy (non-hydrogen) atoms. The molecule has 102 valence electrons. The summed E-state index contributed by atoms with van der Waals surface area (Å²) in [4.78, 5) is 13.0. The van der Waals surface area contributed by atoms with Crippen LogP contribution in [0.1, 0.15) is 30.9 Å². The highest BCUT2D eigenvalue weighted by Crippen LogP contribution is 2.42. The van der Waals surface area contributed by atoms with Crippen molar-refractivity contribution >= 4 is 22.0 Å². The molecule has 1 aliphatic carbocycles. The lowest BCUT2D eigenvalue weighted by Gasteiger charge is -2.50. The molecule has 1 spiro atoms. The number of amides is 1. The van der Waals surface area contributed by atoms with Gasteiger partial charge in [-0.15, -0.1) is 0 Å². The maximum Gasteiger partial charge on any atom is 0.407 e. The molecule has 1 N–H and O–H groups in total. The van der Waals surface area contributed by atoms with Crippen LogP contribution in [0.25, 0.3) is 0 Å². The van der Waals surface area contributed by atoms with Crippen LogP contribution in [-0.4, -0.2) is 34.9 Å². The van der Waals surface area contributed by atoms with Gasteiger partial charge in [-0.05, 0) is 37.0 Å². The van der Waals surface area contributed by atoms with E-state index in [4.69, 9.17) is 4.74 Å². The fourth-order valence-electron chi connectivity index (χ4n) is 2.85. The number of hydrogen-bond donors (Lipinski definition) is 1. The molecule has 3 rings (SSSR count). The Balaban J connectivity index is 1.84. The zero-order valence-corrected chi connectivity index (χ0v) is 12.1. The molecule has 1 aromatic carbocycles. The summed E-state index contributed by atoms with van der Waals surface area (Å²) >= 11 is 3.39. The van der Waals surface area contributed by atoms with Crippen LogP contribution in [-0.2, 0) is 4.74 Å². The van der Waals surface area contributed by atoms with Gasteiger partial charge in [0.15, 0.2) is 0 Å². The summed E-state index contributed by atoms with van der Waals surface area (Å²) in [6, 6.07) is 7.57. The average Bonchev–Trinajstić information content (AvgIpc) is 2.37. The Morgan fingerprint density at radius 2 is 2.05 bits per heavy atom. The van der Waals surface area contributed by atoms with Crippen LogP contribution in [0.2, 0.25) is 0 Å². The van der Waals surface area contributed by atoms with E-state index in [9.17, 15) is 9.90 Å². The van der Waals surface area contributed by atoms with Crippen molar-refractivity contribution in [1.29, 1.82) is 0 Å². The third kappa shape index (κ3) is 2.37. The topological polar surface area (TPSA) is 49.8 Å². The second-order valence-electron chi connectivity index (χ2n) is 5.33. The van der Waals surface area contributed by atoms with Gasteiger partial charge in [0.1, 0.15) is 0 Å². The van der Waals surface area contributed by atoms with Crippen LogP contribution >= 0.6 is 15.9 Å². The highest BCUT2D eigenvalue weighted by molar-refractivity contribution is 9.10. The number of rotatable bonds is 1. The van der Waals surface area contributed by atoms with Gasteiger partial charge in [0.2, 0.25) is 0 Å². The molecule has 1 amide bonds. The van der Waals surface area contributed by atoms with Crippen molar-refractivity contribution in [2.24, 2.45) is 0 Å². The van der Waals surface area contributed by atoms with Gasteiger partial charge in [0.05, 0.1) is 24.8 Å². The van der Waals surface area contributed by atoms with E-state index in [0.717, 1.165) is 29.3 Å². The fourth-order valence-corrected chi connectivity index (χ4v) is 3.11. The maximum absolute atomic E-state index is 11.5. The first kappa shape index (κ1) is 12.9. The molecule has 4 nitrogen and oxygen atoms in total. The van der Waals surface area contributed by atoms with Crippen LogP contribution in [0.15, 0.2) is 28.7 Å². The third-order valence-corrected chi connectivity index (χ3v) is 4.68. The number of morpholine rings is 1. The molecule has 1 unspecified atom stereocenters. The van der Waals surface area contributed by atoms with Crippen molar-refractivity contribution in [2.75, 3.05) is 13.2 Å². The molecule has 1 saturated carbocycles. The van der Waals surface area contributed by atoms with E-state index < -0.39 is 6.09 Å². The minimum absolute atomic E-state index is 0.197. The van der Waals surface area contributed by atoms with E-state index in [1.165, 1.54) is 4.90 Å². The van der Waals surface area contributed by atoms with Gasteiger partial charge in [-0.1, -0.05) is 28.1 Å². The van der Waals surface area contributed by atoms with Gasteiger partial charge in [-0.3, -0.25) is 4.90 Å². The van der Waals surface area contributed by atoms with Crippen LogP contribution in [0, 0.1) is 0 Å². The summed E-state index contributed by atoms with van der Waals surface area (Å²) < 4.78 is 6.95. The molecule has 1 atom stereocenters. The van der Waals surface area contributed by atoms with Crippen molar-refractivity contribution in [2.45, 2.75) is 30.9 Å². The number of carbonyl (C=O) groups is 1. The van der Waals surface area contributed by atoms with E-state index in [1.807, 2.05) is 24.3 Å². The number of carboxylic acid groups (broad SMARTS) is 1. The minimum atomic E-state index is -0.859. The van der Waals surface area contributed by atoms with E-state index in [2.05, 4.69) is 15.9 Å². The summed E-state index contributed by atoms with van der Waals surface area (Å²) in [5.41, 5.74) is 0.782. The van der Waals surface area contributed by atoms with Crippen molar-refractivity contribution in [3.05, 3.63) is 34.3 Å². The second kappa shape index (κ2) is 4.80. The molecule has 1 heterocycles. The summed E-state index contributed by atoms with van der Waals surface area (Å²) in [5.74, 6) is 0. The Hall–Kier alpha value is -1.07. The highest BCUT2D eigenvalue weighted by atomic mass is 79.9. The molecule has 0 bridgehead atoms. The Labute approximate surface area is 120 Å². The van der Waals surface area contributed by atoms with E-state index in [-0.39, 0.29) is 11.6 Å². The summed E-state index contributed by atoms with van der Waals surface area (Å²) in [6.07, 6.45) is 2.23. The first-order valence-electron chi connectivity index (χ1n) is 6.49. The zero-order chi connectivity index (χ0) is 13.5. The Morgan fingerprint density at radius 3 is 2.58 bits per heavy atom. The second-order valence-corrected chi connectivity index (χ2v) is 6.24. The summed E-state index contributed by atoms with van der Waals surface area (Å²) in [7, 11) is 0. The van der Waals surface area contributed by atoms with Crippen LogP contribution in [0.4, 0.5) is 4.79 Å². The highest BCUT2D eigenvalue weighted by Gasteiger charge is 2.46. The SMILES string of the molecule is O=C(O)N1CC2(CCC2)OCC1c1ccc(Br)cc1. The first-order valence-corrected chi connectivity index (χ1v) is 7.28. The molecular weight excluding hydrogens is 310 g/mol. The number of hydrogen-bond acceptors (Lipinski definition) is 2. The van der Waals surface area contributed by atoms with Gasteiger partial charge in [0.25, 0.3) is 0 Å². The molecular formula is C14H16BrNO3. The number of ether oxygens (including phenoxy) is 1. The molecule has 1 aliphatic heterocycles. The van der Waals surface area contributed by atoms with Crippen molar-refractivity contribution < 1.29 is 14.6 Å². The Kier molecular flexibility index (Phi) is 3.27. The fraction of sp³-hybridized carbons (Fsp3) is 0.500. The lowest BCUT2D eigenvalue weighted by atomic mass is 9.78. The molecule has 1 aromatic rings. The molecule has 2 aliphatic rings. The van der Waals surface area contributed by atoms with E-state index >= 15 is 0 Å². The smallest absolute Gasteiger partial charge is 0.407 e. The van der Waals surface area contributed by atoms with E-state index in [1.54, 1.807) is 0 Å². The molecule has 0 aromatic heterocycles. The van der Waals surface area contributed by atoms with Gasteiger partial charge in [-0.25, -0.2) is 4.79 Å². The van der Waals surface area contributed by atoms with Crippen molar-refractivity contribution in [1.82, 2.24) is 4.90 Å². The molecule has 5 heteroatoms. The lowest BCUT2D eigenvalue weighted by Crippen LogP contribution is -2.57. The lowest BCUT2D eigenvalue weighted by molar-refractivity contribution is -0.164. The number of benzene rings is 1. The standard InChI is InChI=1S/C14H16BrNO3/c15-11-4-2-10(3-5-11)12-8-19-14(6-1-7-14)9-16(12)13(17)18/h2-5,12H,1,6-9H2,(H,17,18). The predicted molar refractivity (Wildman–Crippen MR) is 74.1 cm³/mol.